The number of aromatic nitrogens is 4. The summed E-state index contributed by atoms with van der Waals surface area (Å²) in [6, 6.07) is 13.1. The minimum absolute atomic E-state index is 0.0440. The van der Waals surface area contributed by atoms with Gasteiger partial charge in [0.05, 0.1) is 6.54 Å². The molecule has 1 N–H and O–H groups in total. The normalized spacial score (nSPS) is 11.0. The maximum atomic E-state index is 13.2. The third-order valence-corrected chi connectivity index (χ3v) is 6.30. The Bertz CT molecular complexity index is 1260. The van der Waals surface area contributed by atoms with Crippen LogP contribution in [0, 0.1) is 6.92 Å². The van der Waals surface area contributed by atoms with Gasteiger partial charge in [-0.15, -0.1) is 10.2 Å². The van der Waals surface area contributed by atoms with Crippen LogP contribution in [0.1, 0.15) is 28.4 Å². The first-order chi connectivity index (χ1) is 14.5. The van der Waals surface area contributed by atoms with Crippen molar-refractivity contribution in [3.05, 3.63) is 75.7 Å². The SMILES string of the molecule is CCSc1nnc(NC(=O)c2cc3cccnc3n(Cc3ccc(C)cc3)c2=O)s1. The Hall–Kier alpha value is -3.04. The van der Waals surface area contributed by atoms with Gasteiger partial charge in [0.1, 0.15) is 11.2 Å². The van der Waals surface area contributed by atoms with E-state index in [9.17, 15) is 9.59 Å². The van der Waals surface area contributed by atoms with E-state index in [4.69, 9.17) is 0 Å². The lowest BCUT2D eigenvalue weighted by molar-refractivity contribution is 0.102. The molecule has 0 saturated carbocycles. The third-order valence-electron chi connectivity index (χ3n) is 4.45. The number of hydrogen-bond acceptors (Lipinski definition) is 7. The molecule has 4 aromatic rings. The van der Waals surface area contributed by atoms with Gasteiger partial charge < -0.3 is 0 Å². The summed E-state index contributed by atoms with van der Waals surface area (Å²) >= 11 is 2.83. The number of amides is 1. The summed E-state index contributed by atoms with van der Waals surface area (Å²) in [5.41, 5.74) is 2.28. The van der Waals surface area contributed by atoms with Crippen molar-refractivity contribution in [2.45, 2.75) is 24.7 Å². The minimum atomic E-state index is -0.507. The summed E-state index contributed by atoms with van der Waals surface area (Å²) in [5, 5.41) is 11.8. The molecule has 0 saturated heterocycles. The molecular weight excluding hydrogens is 418 g/mol. The fraction of sp³-hybridized carbons (Fsp3) is 0.190. The van der Waals surface area contributed by atoms with Gasteiger partial charge in [-0.2, -0.15) is 0 Å². The van der Waals surface area contributed by atoms with Crippen LogP contribution < -0.4 is 10.9 Å². The molecule has 30 heavy (non-hydrogen) atoms. The Morgan fingerprint density at radius 2 is 2.00 bits per heavy atom. The molecule has 3 aromatic heterocycles. The van der Waals surface area contributed by atoms with Gasteiger partial charge in [-0.25, -0.2) is 4.98 Å². The van der Waals surface area contributed by atoms with Crippen molar-refractivity contribution < 1.29 is 4.79 Å². The molecule has 3 heterocycles. The molecule has 1 amide bonds. The van der Waals surface area contributed by atoms with E-state index in [2.05, 4.69) is 20.5 Å². The summed E-state index contributed by atoms with van der Waals surface area (Å²) in [4.78, 5) is 30.5. The standard InChI is InChI=1S/C21H19N5O2S2/c1-3-29-21-25-24-20(30-21)23-18(27)16-11-15-5-4-10-22-17(15)26(19(16)28)12-14-8-6-13(2)7-9-14/h4-11H,3,12H2,1-2H3,(H,23,24,27). The van der Waals surface area contributed by atoms with Crippen LogP contribution in [-0.2, 0) is 6.54 Å². The summed E-state index contributed by atoms with van der Waals surface area (Å²) in [5.74, 6) is 0.358. The number of pyridine rings is 2. The summed E-state index contributed by atoms with van der Waals surface area (Å²) in [6.07, 6.45) is 1.64. The fourth-order valence-corrected chi connectivity index (χ4v) is 4.64. The van der Waals surface area contributed by atoms with Crippen molar-refractivity contribution in [1.82, 2.24) is 19.7 Å². The quantitative estimate of drug-likeness (QED) is 0.363. The number of nitrogens with one attached hydrogen (secondary N) is 1. The molecule has 0 radical (unpaired) electrons. The lowest BCUT2D eigenvalue weighted by atomic mass is 10.1. The second-order valence-electron chi connectivity index (χ2n) is 6.61. The molecule has 4 rings (SSSR count). The molecule has 0 aliphatic heterocycles. The number of thioether (sulfide) groups is 1. The smallest absolute Gasteiger partial charge is 0.265 e. The number of anilines is 1. The zero-order valence-corrected chi connectivity index (χ0v) is 18.1. The number of benzene rings is 1. The molecule has 0 unspecified atom stereocenters. The van der Waals surface area contributed by atoms with Gasteiger partial charge in [0.25, 0.3) is 11.5 Å². The van der Waals surface area contributed by atoms with Gasteiger partial charge in [-0.05, 0) is 36.4 Å². The number of carbonyl (C=O) groups is 1. The highest BCUT2D eigenvalue weighted by Crippen LogP contribution is 2.25. The molecule has 9 heteroatoms. The van der Waals surface area contributed by atoms with Crippen LogP contribution in [0.5, 0.6) is 0 Å². The lowest BCUT2D eigenvalue weighted by Crippen LogP contribution is -2.30. The van der Waals surface area contributed by atoms with Crippen molar-refractivity contribution in [2.75, 3.05) is 11.1 Å². The minimum Gasteiger partial charge on any atom is -0.296 e. The van der Waals surface area contributed by atoms with Crippen molar-refractivity contribution in [3.8, 4) is 0 Å². The van der Waals surface area contributed by atoms with Gasteiger partial charge in [-0.3, -0.25) is 19.5 Å². The van der Waals surface area contributed by atoms with E-state index >= 15 is 0 Å². The average molecular weight is 438 g/mol. The zero-order chi connectivity index (χ0) is 21.1. The molecule has 7 nitrogen and oxygen atoms in total. The van der Waals surface area contributed by atoms with Gasteiger partial charge in [0.2, 0.25) is 5.13 Å². The largest absolute Gasteiger partial charge is 0.296 e. The molecule has 0 bridgehead atoms. The summed E-state index contributed by atoms with van der Waals surface area (Å²) in [6.45, 7) is 4.35. The Morgan fingerprint density at radius 3 is 2.77 bits per heavy atom. The lowest BCUT2D eigenvalue weighted by Gasteiger charge is -2.12. The summed E-state index contributed by atoms with van der Waals surface area (Å²) in [7, 11) is 0. The molecule has 0 aliphatic rings. The van der Waals surface area contributed by atoms with Crippen LogP contribution in [-0.4, -0.2) is 31.4 Å². The van der Waals surface area contributed by atoms with Gasteiger partial charge in [0.15, 0.2) is 4.34 Å². The molecule has 0 spiro atoms. The predicted molar refractivity (Wildman–Crippen MR) is 121 cm³/mol. The highest BCUT2D eigenvalue weighted by atomic mass is 32.2. The van der Waals surface area contributed by atoms with Gasteiger partial charge >= 0.3 is 0 Å². The van der Waals surface area contributed by atoms with E-state index < -0.39 is 11.5 Å². The molecular formula is C21H19N5O2S2. The van der Waals surface area contributed by atoms with E-state index in [-0.39, 0.29) is 5.56 Å². The van der Waals surface area contributed by atoms with Crippen LogP contribution in [0.3, 0.4) is 0 Å². The van der Waals surface area contributed by atoms with E-state index in [0.717, 1.165) is 21.2 Å². The molecule has 0 aliphatic carbocycles. The Labute approximate surface area is 181 Å². The van der Waals surface area contributed by atoms with Gasteiger partial charge in [-0.1, -0.05) is 59.9 Å². The maximum absolute atomic E-state index is 13.2. The van der Waals surface area contributed by atoms with Crippen molar-refractivity contribution >= 4 is 45.2 Å². The first kappa shape index (κ1) is 20.2. The number of aryl methyl sites for hydroxylation is 1. The molecule has 1 aromatic carbocycles. The Kier molecular flexibility index (Phi) is 5.91. The zero-order valence-electron chi connectivity index (χ0n) is 16.5. The van der Waals surface area contributed by atoms with Crippen molar-refractivity contribution in [2.24, 2.45) is 0 Å². The number of carbonyl (C=O) groups excluding carboxylic acids is 1. The van der Waals surface area contributed by atoms with Crippen LogP contribution in [0.25, 0.3) is 11.0 Å². The third kappa shape index (κ3) is 4.27. The second-order valence-corrected chi connectivity index (χ2v) is 9.10. The van der Waals surface area contributed by atoms with Crippen LogP contribution in [0.15, 0.2) is 57.8 Å². The first-order valence-electron chi connectivity index (χ1n) is 9.37. The maximum Gasteiger partial charge on any atom is 0.265 e. The number of hydrogen-bond donors (Lipinski definition) is 1. The molecule has 0 atom stereocenters. The number of fused-ring (bicyclic) bond motifs is 1. The summed E-state index contributed by atoms with van der Waals surface area (Å²) < 4.78 is 2.31. The number of rotatable bonds is 6. The molecule has 152 valence electrons. The monoisotopic (exact) mass is 437 g/mol. The second kappa shape index (κ2) is 8.76. The van der Waals surface area contributed by atoms with Crippen LogP contribution in [0.2, 0.25) is 0 Å². The van der Waals surface area contributed by atoms with E-state index in [1.165, 1.54) is 15.9 Å². The van der Waals surface area contributed by atoms with E-state index in [1.807, 2.05) is 44.2 Å². The predicted octanol–water partition coefficient (Wildman–Crippen LogP) is 3.97. The first-order valence-corrected chi connectivity index (χ1v) is 11.2. The molecule has 0 fully saturated rings. The average Bonchev–Trinajstić information content (AvgIpc) is 3.18. The highest BCUT2D eigenvalue weighted by Gasteiger charge is 2.18. The fourth-order valence-electron chi connectivity index (χ4n) is 3.00. The Morgan fingerprint density at radius 1 is 1.20 bits per heavy atom. The Balaban J connectivity index is 1.72. The van der Waals surface area contributed by atoms with Crippen LogP contribution in [0.4, 0.5) is 5.13 Å². The van der Waals surface area contributed by atoms with E-state index in [1.54, 1.807) is 30.1 Å². The van der Waals surface area contributed by atoms with E-state index in [0.29, 0.717) is 22.7 Å². The highest BCUT2D eigenvalue weighted by molar-refractivity contribution is 8.01. The topological polar surface area (TPSA) is 89.8 Å². The van der Waals surface area contributed by atoms with Crippen molar-refractivity contribution in [1.29, 1.82) is 0 Å². The van der Waals surface area contributed by atoms with Crippen molar-refractivity contribution in [3.63, 3.8) is 0 Å². The number of nitrogens with zero attached hydrogens (tertiary/aromatic N) is 4. The van der Waals surface area contributed by atoms with Crippen LogP contribution >= 0.6 is 23.1 Å². The van der Waals surface area contributed by atoms with Gasteiger partial charge in [0, 0.05) is 11.6 Å².